The van der Waals surface area contributed by atoms with Gasteiger partial charge in [0, 0.05) is 21.2 Å². The van der Waals surface area contributed by atoms with Gasteiger partial charge in [-0.3, -0.25) is 24.1 Å². The van der Waals surface area contributed by atoms with Crippen molar-refractivity contribution >= 4 is 52.5 Å². The van der Waals surface area contributed by atoms with Crippen LogP contribution in [0.4, 0.5) is 5.69 Å². The molecule has 200 valence electrons. The molecule has 11 heteroatoms. The van der Waals surface area contributed by atoms with Crippen molar-refractivity contribution in [1.82, 2.24) is 9.88 Å². The molecule has 2 aliphatic carbocycles. The number of imide groups is 1. The number of hydrogen-bond acceptors (Lipinski definition) is 8. The average Bonchev–Trinajstić information content (AvgIpc) is 3.62. The van der Waals surface area contributed by atoms with Gasteiger partial charge < -0.3 is 15.0 Å². The number of nitrogens with one attached hydrogen (secondary N) is 2. The van der Waals surface area contributed by atoms with Crippen LogP contribution in [0.1, 0.15) is 48.8 Å². The molecule has 0 radical (unpaired) electrons. The molecule has 38 heavy (non-hydrogen) atoms. The monoisotopic (exact) mass is 555 g/mol. The minimum absolute atomic E-state index is 0.0439. The van der Waals surface area contributed by atoms with Gasteiger partial charge in [0.2, 0.25) is 17.7 Å². The van der Waals surface area contributed by atoms with E-state index in [4.69, 9.17) is 4.74 Å². The zero-order chi connectivity index (χ0) is 26.9. The number of ether oxygens (including phenoxy) is 1. The number of nitrogens with zero attached hydrogens (tertiary/aromatic N) is 1. The number of fused-ring (bicyclic) bond motifs is 9. The van der Waals surface area contributed by atoms with Crippen molar-refractivity contribution in [3.05, 3.63) is 44.4 Å². The minimum Gasteiger partial charge on any atom is -0.462 e. The first-order valence-electron chi connectivity index (χ1n) is 13.0. The highest BCUT2D eigenvalue weighted by molar-refractivity contribution is 8.00. The summed E-state index contributed by atoms with van der Waals surface area (Å²) in [5.41, 5.74) is 0.599. The SMILES string of the molecule is CCOC(=O)c1ccc(NC(=O)CN2C(=O)[C@@H]3[C@H]4C[C@@H]([C@H]5Sc6[nH]c(=O)sc6[C@@](C)(CC)[C@@H]45)[C@H]3C2=O)cc1. The van der Waals surface area contributed by atoms with Gasteiger partial charge in [0.15, 0.2) is 0 Å². The van der Waals surface area contributed by atoms with E-state index in [0.29, 0.717) is 11.3 Å². The van der Waals surface area contributed by atoms with Gasteiger partial charge in [-0.1, -0.05) is 25.2 Å². The first-order valence-corrected chi connectivity index (χ1v) is 14.7. The molecular formula is C27H29N3O6S2. The predicted octanol–water partition coefficient (Wildman–Crippen LogP) is 3.26. The first-order chi connectivity index (χ1) is 18.2. The minimum atomic E-state index is -0.465. The molecule has 2 aromatic rings. The first kappa shape index (κ1) is 25.4. The van der Waals surface area contributed by atoms with E-state index in [1.54, 1.807) is 43.0 Å². The van der Waals surface area contributed by atoms with Gasteiger partial charge in [-0.05, 0) is 61.8 Å². The summed E-state index contributed by atoms with van der Waals surface area (Å²) in [6.45, 7) is 5.98. The number of carbonyl (C=O) groups is 4. The number of anilines is 1. The Bertz CT molecular complexity index is 1400. The third-order valence-corrected chi connectivity index (χ3v) is 11.8. The number of hydrogen-bond donors (Lipinski definition) is 2. The quantitative estimate of drug-likeness (QED) is 0.414. The van der Waals surface area contributed by atoms with Crippen LogP contribution >= 0.6 is 23.1 Å². The Labute approximate surface area is 227 Å². The molecule has 6 rings (SSSR count). The molecule has 9 nitrogen and oxygen atoms in total. The molecule has 3 fully saturated rings. The van der Waals surface area contributed by atoms with E-state index in [1.807, 2.05) is 0 Å². The molecule has 2 bridgehead atoms. The Balaban J connectivity index is 1.19. The van der Waals surface area contributed by atoms with Crippen molar-refractivity contribution in [1.29, 1.82) is 0 Å². The van der Waals surface area contributed by atoms with Crippen LogP contribution in [0.25, 0.3) is 0 Å². The Morgan fingerprint density at radius 3 is 2.45 bits per heavy atom. The highest BCUT2D eigenvalue weighted by Gasteiger charge is 2.71. The lowest BCUT2D eigenvalue weighted by Gasteiger charge is -2.48. The molecule has 2 N–H and O–H groups in total. The fourth-order valence-corrected chi connectivity index (χ4v) is 10.6. The molecule has 1 aromatic carbocycles. The molecule has 4 aliphatic rings. The second-order valence-corrected chi connectivity index (χ2v) is 12.9. The summed E-state index contributed by atoms with van der Waals surface area (Å²) < 4.78 is 4.97. The molecule has 1 saturated heterocycles. The van der Waals surface area contributed by atoms with Gasteiger partial charge in [0.1, 0.15) is 6.54 Å². The molecule has 1 aromatic heterocycles. The fraction of sp³-hybridized carbons (Fsp3) is 0.519. The second kappa shape index (κ2) is 9.08. The van der Waals surface area contributed by atoms with Crippen LogP contribution in [0, 0.1) is 29.6 Å². The van der Waals surface area contributed by atoms with Gasteiger partial charge in [-0.15, -0.1) is 11.8 Å². The van der Waals surface area contributed by atoms with Crippen molar-refractivity contribution < 1.29 is 23.9 Å². The fourth-order valence-electron chi connectivity index (χ4n) is 7.36. The molecule has 7 atom stereocenters. The molecule has 0 spiro atoms. The highest BCUT2D eigenvalue weighted by atomic mass is 32.2. The van der Waals surface area contributed by atoms with E-state index in [9.17, 15) is 24.0 Å². The lowest BCUT2D eigenvalue weighted by atomic mass is 9.62. The zero-order valence-corrected chi connectivity index (χ0v) is 22.9. The van der Waals surface area contributed by atoms with Gasteiger partial charge in [0.05, 0.1) is 29.0 Å². The summed E-state index contributed by atoms with van der Waals surface area (Å²) in [6, 6.07) is 6.28. The standard InChI is InChI=1S/C27H29N3O6S2/c1-4-27(3)19-14-10-15(20(19)37-22-21(27)38-26(35)29-22)18-17(14)23(32)30(24(18)33)11-16(31)28-13-8-6-12(7-9-13)25(34)36-5-2/h6-9,14-15,17-20H,4-5,10-11H2,1-3H3,(H,28,31)(H,29,35)/t14-,15-,17-,18-,19+,20-,27+/m1/s1. The van der Waals surface area contributed by atoms with Crippen LogP contribution in [0.5, 0.6) is 0 Å². The van der Waals surface area contributed by atoms with E-state index < -0.39 is 23.7 Å². The number of likely N-dealkylation sites (tertiary alicyclic amines) is 1. The number of aromatic amines is 1. The van der Waals surface area contributed by atoms with E-state index in [1.165, 1.54) is 11.3 Å². The van der Waals surface area contributed by atoms with Crippen LogP contribution in [0.3, 0.4) is 0 Å². The predicted molar refractivity (Wildman–Crippen MR) is 142 cm³/mol. The number of thiazole rings is 1. The Morgan fingerprint density at radius 2 is 1.79 bits per heavy atom. The summed E-state index contributed by atoms with van der Waals surface area (Å²) in [7, 11) is 0. The highest BCUT2D eigenvalue weighted by Crippen LogP contribution is 2.69. The number of H-pyrrole nitrogens is 1. The van der Waals surface area contributed by atoms with Crippen molar-refractivity contribution in [3.8, 4) is 0 Å². The maximum atomic E-state index is 13.6. The molecule has 2 saturated carbocycles. The van der Waals surface area contributed by atoms with Crippen molar-refractivity contribution in [2.45, 2.75) is 49.3 Å². The summed E-state index contributed by atoms with van der Waals surface area (Å²) in [5, 5.41) is 3.80. The number of aromatic nitrogens is 1. The Morgan fingerprint density at radius 1 is 1.11 bits per heavy atom. The molecule has 3 amide bonds. The van der Waals surface area contributed by atoms with Gasteiger partial charge in [-0.2, -0.15) is 0 Å². The summed E-state index contributed by atoms with van der Waals surface area (Å²) in [6.07, 6.45) is 1.68. The normalized spacial score (nSPS) is 32.7. The van der Waals surface area contributed by atoms with Crippen LogP contribution in [0.2, 0.25) is 0 Å². The summed E-state index contributed by atoms with van der Waals surface area (Å²) >= 11 is 2.93. The van der Waals surface area contributed by atoms with Crippen LogP contribution in [-0.2, 0) is 24.5 Å². The number of thioether (sulfide) groups is 1. The zero-order valence-electron chi connectivity index (χ0n) is 21.3. The maximum Gasteiger partial charge on any atom is 0.338 e. The van der Waals surface area contributed by atoms with Crippen molar-refractivity contribution in [2.24, 2.45) is 29.6 Å². The van der Waals surface area contributed by atoms with E-state index >= 15 is 0 Å². The van der Waals surface area contributed by atoms with Crippen LogP contribution in [0.15, 0.2) is 34.1 Å². The molecular weight excluding hydrogens is 526 g/mol. The van der Waals surface area contributed by atoms with E-state index in [0.717, 1.165) is 27.6 Å². The number of amides is 3. The number of esters is 1. The third-order valence-electron chi connectivity index (χ3n) is 9.03. The topological polar surface area (TPSA) is 126 Å². The maximum absolute atomic E-state index is 13.6. The summed E-state index contributed by atoms with van der Waals surface area (Å²) in [5.74, 6) is -1.95. The Kier molecular flexibility index (Phi) is 6.06. The van der Waals surface area contributed by atoms with Crippen LogP contribution < -0.4 is 10.2 Å². The number of benzene rings is 1. The molecule has 2 aliphatic heterocycles. The van der Waals surface area contributed by atoms with Crippen molar-refractivity contribution in [2.75, 3.05) is 18.5 Å². The number of rotatable bonds is 6. The van der Waals surface area contributed by atoms with Gasteiger partial charge >= 0.3 is 10.8 Å². The van der Waals surface area contributed by atoms with Crippen molar-refractivity contribution in [3.63, 3.8) is 0 Å². The molecule has 3 heterocycles. The molecule has 0 unspecified atom stereocenters. The lowest BCUT2D eigenvalue weighted by Crippen LogP contribution is -2.49. The second-order valence-electron chi connectivity index (χ2n) is 10.8. The van der Waals surface area contributed by atoms with Gasteiger partial charge in [-0.25, -0.2) is 4.79 Å². The summed E-state index contributed by atoms with van der Waals surface area (Å²) in [4.78, 5) is 69.1. The largest absolute Gasteiger partial charge is 0.462 e. The van der Waals surface area contributed by atoms with Crippen LogP contribution in [-0.4, -0.2) is 52.0 Å². The van der Waals surface area contributed by atoms with E-state index in [2.05, 4.69) is 24.1 Å². The van der Waals surface area contributed by atoms with Gasteiger partial charge in [0.25, 0.3) is 0 Å². The van der Waals surface area contributed by atoms with E-state index in [-0.39, 0.29) is 58.3 Å². The lowest BCUT2D eigenvalue weighted by molar-refractivity contribution is -0.143. The smallest absolute Gasteiger partial charge is 0.338 e. The Hall–Kier alpha value is -2.92. The average molecular weight is 556 g/mol. The third kappa shape index (κ3) is 3.61. The number of carbonyl (C=O) groups excluding carboxylic acids is 4.